The summed E-state index contributed by atoms with van der Waals surface area (Å²) in [6, 6.07) is 13.3. The van der Waals surface area contributed by atoms with E-state index in [0.29, 0.717) is 17.9 Å². The van der Waals surface area contributed by atoms with Crippen LogP contribution in [0, 0.1) is 0 Å². The van der Waals surface area contributed by atoms with Gasteiger partial charge in [-0.2, -0.15) is 4.31 Å². The van der Waals surface area contributed by atoms with E-state index in [9.17, 15) is 13.2 Å². The monoisotopic (exact) mass is 456 g/mol. The first-order valence-corrected chi connectivity index (χ1v) is 11.7. The molecule has 0 unspecified atom stereocenters. The van der Waals surface area contributed by atoms with Crippen molar-refractivity contribution in [1.29, 1.82) is 0 Å². The van der Waals surface area contributed by atoms with E-state index in [2.05, 4.69) is 10.3 Å². The quantitative estimate of drug-likeness (QED) is 0.534. The Balaban J connectivity index is 1.54. The molecule has 8 nitrogen and oxygen atoms in total. The number of imidazole rings is 1. The summed E-state index contributed by atoms with van der Waals surface area (Å²) in [4.78, 5) is 16.9. The summed E-state index contributed by atoms with van der Waals surface area (Å²) in [7, 11) is -0.0691. The van der Waals surface area contributed by atoms with Crippen LogP contribution in [0.25, 0.3) is 0 Å². The van der Waals surface area contributed by atoms with E-state index in [0.717, 1.165) is 11.4 Å². The van der Waals surface area contributed by atoms with Gasteiger partial charge in [-0.3, -0.25) is 4.79 Å². The molecule has 1 heterocycles. The minimum Gasteiger partial charge on any atom is -0.486 e. The number of hydrogen-bond acceptors (Lipinski definition) is 5. The molecule has 170 valence electrons. The van der Waals surface area contributed by atoms with Gasteiger partial charge in [-0.1, -0.05) is 12.1 Å². The number of aromatic nitrogens is 2. The largest absolute Gasteiger partial charge is 0.486 e. The van der Waals surface area contributed by atoms with Crippen molar-refractivity contribution < 1.29 is 17.9 Å². The van der Waals surface area contributed by atoms with E-state index >= 15 is 0 Å². The van der Waals surface area contributed by atoms with E-state index in [1.807, 2.05) is 31.7 Å². The number of benzene rings is 2. The average Bonchev–Trinajstić information content (AvgIpc) is 3.20. The van der Waals surface area contributed by atoms with Crippen LogP contribution >= 0.6 is 0 Å². The number of rotatable bonds is 9. The number of nitrogens with zero attached hydrogens (tertiary/aromatic N) is 3. The first kappa shape index (κ1) is 23.5. The predicted octanol–water partition coefficient (Wildman–Crippen LogP) is 2.96. The van der Waals surface area contributed by atoms with Gasteiger partial charge in [0.1, 0.15) is 18.2 Å². The average molecular weight is 457 g/mol. The Kier molecular flexibility index (Phi) is 7.32. The molecule has 0 spiro atoms. The van der Waals surface area contributed by atoms with Gasteiger partial charge in [0, 0.05) is 44.6 Å². The van der Waals surface area contributed by atoms with Crippen molar-refractivity contribution in [2.75, 3.05) is 7.05 Å². The molecule has 1 N–H and O–H groups in total. The number of sulfonamides is 1. The molecule has 32 heavy (non-hydrogen) atoms. The highest BCUT2D eigenvalue weighted by atomic mass is 32.2. The Morgan fingerprint density at radius 3 is 2.34 bits per heavy atom. The van der Waals surface area contributed by atoms with Crippen LogP contribution in [0.3, 0.4) is 0 Å². The van der Waals surface area contributed by atoms with E-state index in [-0.39, 0.29) is 23.4 Å². The molecule has 0 fully saturated rings. The molecule has 0 aliphatic carbocycles. The molecule has 1 aromatic heterocycles. The molecule has 0 bridgehead atoms. The Morgan fingerprint density at radius 1 is 1.12 bits per heavy atom. The Bertz CT molecular complexity index is 1150. The van der Waals surface area contributed by atoms with Crippen molar-refractivity contribution in [3.63, 3.8) is 0 Å². The van der Waals surface area contributed by atoms with Crippen LogP contribution in [0.15, 0.2) is 65.8 Å². The molecule has 0 radical (unpaired) electrons. The number of aryl methyl sites for hydroxylation is 1. The Hall–Kier alpha value is -3.17. The zero-order chi connectivity index (χ0) is 23.3. The maximum Gasteiger partial charge on any atom is 0.251 e. The molecule has 0 aliphatic rings. The lowest BCUT2D eigenvalue weighted by molar-refractivity contribution is 0.0951. The van der Waals surface area contributed by atoms with Crippen LogP contribution in [0.4, 0.5) is 0 Å². The van der Waals surface area contributed by atoms with Gasteiger partial charge in [-0.05, 0) is 55.8 Å². The van der Waals surface area contributed by atoms with Crippen LogP contribution < -0.4 is 10.1 Å². The van der Waals surface area contributed by atoms with Crippen molar-refractivity contribution >= 4 is 15.9 Å². The molecule has 0 saturated heterocycles. The van der Waals surface area contributed by atoms with Gasteiger partial charge in [0.15, 0.2) is 0 Å². The number of amides is 1. The normalized spacial score (nSPS) is 11.7. The predicted molar refractivity (Wildman–Crippen MR) is 122 cm³/mol. The minimum absolute atomic E-state index is 0.134. The molecule has 2 aromatic carbocycles. The second-order valence-electron chi connectivity index (χ2n) is 7.71. The molecule has 3 rings (SSSR count). The number of carbonyl (C=O) groups excluding carboxylic acids is 1. The molecule has 1 amide bonds. The zero-order valence-electron chi connectivity index (χ0n) is 18.6. The molecule has 9 heteroatoms. The third kappa shape index (κ3) is 5.54. The van der Waals surface area contributed by atoms with Crippen LogP contribution in [0.5, 0.6) is 5.75 Å². The molecule has 0 aliphatic heterocycles. The van der Waals surface area contributed by atoms with Crippen molar-refractivity contribution in [2.45, 2.75) is 37.9 Å². The van der Waals surface area contributed by atoms with Crippen molar-refractivity contribution in [3.8, 4) is 5.75 Å². The van der Waals surface area contributed by atoms with Gasteiger partial charge in [0.2, 0.25) is 10.0 Å². The standard InChI is InChI=1S/C23H28N4O4S/c1-17(2)27(4)32(29,30)21-11-5-18(6-12-21)15-25-23(28)19-7-9-20(10-8-19)31-16-22-24-13-14-26(22)3/h5-14,17H,15-16H2,1-4H3,(H,25,28). The van der Waals surface area contributed by atoms with Crippen LogP contribution in [-0.2, 0) is 30.2 Å². The first-order valence-electron chi connectivity index (χ1n) is 10.2. The smallest absolute Gasteiger partial charge is 0.251 e. The fraction of sp³-hybridized carbons (Fsp3) is 0.304. The van der Waals surface area contributed by atoms with E-state index in [1.54, 1.807) is 61.8 Å². The first-order chi connectivity index (χ1) is 15.2. The topological polar surface area (TPSA) is 93.5 Å². The maximum atomic E-state index is 12.5. The second-order valence-corrected chi connectivity index (χ2v) is 9.71. The molecule has 0 atom stereocenters. The zero-order valence-corrected chi connectivity index (χ0v) is 19.5. The summed E-state index contributed by atoms with van der Waals surface area (Å²) < 4.78 is 34.0. The van der Waals surface area contributed by atoms with Gasteiger partial charge >= 0.3 is 0 Å². The fourth-order valence-corrected chi connectivity index (χ4v) is 4.26. The maximum absolute atomic E-state index is 12.5. The molecular formula is C23H28N4O4S. The van der Waals surface area contributed by atoms with E-state index in [1.165, 1.54) is 4.31 Å². The number of hydrogen-bond donors (Lipinski definition) is 1. The number of nitrogens with one attached hydrogen (secondary N) is 1. The second kappa shape index (κ2) is 9.97. The summed E-state index contributed by atoms with van der Waals surface area (Å²) in [6.45, 7) is 4.27. The highest BCUT2D eigenvalue weighted by molar-refractivity contribution is 7.89. The van der Waals surface area contributed by atoms with Crippen LogP contribution in [0.1, 0.15) is 35.6 Å². The molecule has 3 aromatic rings. The van der Waals surface area contributed by atoms with Crippen molar-refractivity contribution in [2.24, 2.45) is 7.05 Å². The Morgan fingerprint density at radius 2 is 1.78 bits per heavy atom. The highest BCUT2D eigenvalue weighted by Crippen LogP contribution is 2.18. The summed E-state index contributed by atoms with van der Waals surface area (Å²) >= 11 is 0. The lowest BCUT2D eigenvalue weighted by atomic mass is 10.2. The van der Waals surface area contributed by atoms with Gasteiger partial charge in [-0.15, -0.1) is 0 Å². The van der Waals surface area contributed by atoms with Crippen molar-refractivity contribution in [1.82, 2.24) is 19.2 Å². The minimum atomic E-state index is -3.53. The van der Waals surface area contributed by atoms with Gasteiger partial charge < -0.3 is 14.6 Å². The van der Waals surface area contributed by atoms with Crippen LogP contribution in [-0.4, -0.2) is 41.3 Å². The fourth-order valence-electron chi connectivity index (χ4n) is 2.89. The number of carbonyl (C=O) groups is 1. The van der Waals surface area contributed by atoms with Gasteiger partial charge in [0.25, 0.3) is 5.91 Å². The highest BCUT2D eigenvalue weighted by Gasteiger charge is 2.22. The van der Waals surface area contributed by atoms with Crippen LogP contribution in [0.2, 0.25) is 0 Å². The third-order valence-corrected chi connectivity index (χ3v) is 7.23. The lowest BCUT2D eigenvalue weighted by Crippen LogP contribution is -2.33. The summed E-state index contributed by atoms with van der Waals surface area (Å²) in [5, 5.41) is 2.84. The third-order valence-electron chi connectivity index (χ3n) is 5.19. The number of ether oxygens (including phenoxy) is 1. The van der Waals surface area contributed by atoms with E-state index < -0.39 is 10.0 Å². The van der Waals surface area contributed by atoms with Gasteiger partial charge in [0.05, 0.1) is 4.90 Å². The summed E-state index contributed by atoms with van der Waals surface area (Å²) in [5.74, 6) is 1.23. The SMILES string of the molecule is CC(C)N(C)S(=O)(=O)c1ccc(CNC(=O)c2ccc(OCc3nccn3C)cc2)cc1. The summed E-state index contributed by atoms with van der Waals surface area (Å²) in [6.07, 6.45) is 3.56. The van der Waals surface area contributed by atoms with E-state index in [4.69, 9.17) is 4.74 Å². The Labute approximate surface area is 188 Å². The molecular weight excluding hydrogens is 428 g/mol. The molecule has 0 saturated carbocycles. The van der Waals surface area contributed by atoms with Gasteiger partial charge in [-0.25, -0.2) is 13.4 Å². The summed E-state index contributed by atoms with van der Waals surface area (Å²) in [5.41, 5.74) is 1.31. The lowest BCUT2D eigenvalue weighted by Gasteiger charge is -2.21. The van der Waals surface area contributed by atoms with Crippen molar-refractivity contribution in [3.05, 3.63) is 77.9 Å².